The second-order valence-corrected chi connectivity index (χ2v) is 5.00. The number of amides is 1. The summed E-state index contributed by atoms with van der Waals surface area (Å²) in [5.41, 5.74) is 1.19. The number of carbonyl (C=O) groups excluding carboxylic acids is 1. The van der Waals surface area contributed by atoms with Crippen molar-refractivity contribution in [3.8, 4) is 11.9 Å². The van der Waals surface area contributed by atoms with E-state index in [2.05, 4.69) is 15.4 Å². The summed E-state index contributed by atoms with van der Waals surface area (Å²) in [6.45, 7) is 1.75. The van der Waals surface area contributed by atoms with Crippen LogP contribution in [0.5, 0.6) is 0 Å². The summed E-state index contributed by atoms with van der Waals surface area (Å²) in [5.74, 6) is -0.428. The van der Waals surface area contributed by atoms with Crippen LogP contribution < -0.4 is 5.32 Å². The molecule has 1 N–H and O–H groups in total. The Morgan fingerprint density at radius 1 is 1.33 bits per heavy atom. The molecule has 1 aromatic carbocycles. The molecular formula is C17H12FN5O. The molecule has 0 radical (unpaired) electrons. The van der Waals surface area contributed by atoms with E-state index in [-0.39, 0.29) is 5.56 Å². The lowest BCUT2D eigenvalue weighted by atomic mass is 10.2. The molecule has 3 rings (SSSR count). The molecule has 24 heavy (non-hydrogen) atoms. The minimum absolute atomic E-state index is 0.131. The molecule has 2 aromatic heterocycles. The zero-order valence-corrected chi connectivity index (χ0v) is 12.7. The third kappa shape index (κ3) is 2.85. The zero-order valence-electron chi connectivity index (χ0n) is 12.7. The second kappa shape index (κ2) is 6.30. The van der Waals surface area contributed by atoms with Gasteiger partial charge in [-0.25, -0.2) is 14.1 Å². The summed E-state index contributed by atoms with van der Waals surface area (Å²) >= 11 is 0. The Morgan fingerprint density at radius 3 is 2.88 bits per heavy atom. The van der Waals surface area contributed by atoms with E-state index in [0.717, 1.165) is 6.07 Å². The predicted molar refractivity (Wildman–Crippen MR) is 85.2 cm³/mol. The van der Waals surface area contributed by atoms with Crippen molar-refractivity contribution in [1.82, 2.24) is 14.8 Å². The van der Waals surface area contributed by atoms with E-state index < -0.39 is 11.7 Å². The summed E-state index contributed by atoms with van der Waals surface area (Å²) in [5, 5.41) is 15.7. The average Bonchev–Trinajstić information content (AvgIpc) is 2.99. The Kier molecular flexibility index (Phi) is 4.03. The van der Waals surface area contributed by atoms with E-state index in [0.29, 0.717) is 22.8 Å². The van der Waals surface area contributed by atoms with Crippen LogP contribution in [0.15, 0.2) is 48.8 Å². The van der Waals surface area contributed by atoms with Crippen LogP contribution in [0.3, 0.4) is 0 Å². The highest BCUT2D eigenvalue weighted by Gasteiger charge is 2.16. The van der Waals surface area contributed by atoms with Gasteiger partial charge in [-0.2, -0.15) is 10.4 Å². The highest BCUT2D eigenvalue weighted by Crippen LogP contribution is 2.17. The van der Waals surface area contributed by atoms with Crippen molar-refractivity contribution in [1.29, 1.82) is 5.26 Å². The molecule has 0 fully saturated rings. The van der Waals surface area contributed by atoms with Crippen molar-refractivity contribution >= 4 is 11.6 Å². The Bertz CT molecular complexity index is 943. The molecule has 0 aliphatic rings. The van der Waals surface area contributed by atoms with E-state index in [1.54, 1.807) is 36.0 Å². The van der Waals surface area contributed by atoms with Gasteiger partial charge in [-0.3, -0.25) is 4.79 Å². The maximum absolute atomic E-state index is 13.3. The number of nitrogens with zero attached hydrogens (tertiary/aromatic N) is 4. The number of carbonyl (C=O) groups is 1. The molecule has 0 bridgehead atoms. The van der Waals surface area contributed by atoms with Gasteiger partial charge in [0.2, 0.25) is 0 Å². The normalized spacial score (nSPS) is 10.2. The van der Waals surface area contributed by atoms with Gasteiger partial charge >= 0.3 is 0 Å². The molecule has 3 aromatic rings. The zero-order chi connectivity index (χ0) is 17.1. The second-order valence-electron chi connectivity index (χ2n) is 5.00. The lowest BCUT2D eigenvalue weighted by molar-refractivity contribution is 0.102. The summed E-state index contributed by atoms with van der Waals surface area (Å²) in [6.07, 6.45) is 3.08. The van der Waals surface area contributed by atoms with Gasteiger partial charge in [-0.1, -0.05) is 6.07 Å². The molecule has 6 nitrogen and oxygen atoms in total. The smallest absolute Gasteiger partial charge is 0.259 e. The molecule has 0 aliphatic carbocycles. The molecule has 1 amide bonds. The SMILES string of the molecule is Cc1c(C(=O)Nc2ccc(F)c(C#N)c2)cnn1-c1ccccn1. The first-order valence-electron chi connectivity index (χ1n) is 7.07. The Morgan fingerprint density at radius 2 is 2.17 bits per heavy atom. The highest BCUT2D eigenvalue weighted by molar-refractivity contribution is 6.05. The largest absolute Gasteiger partial charge is 0.322 e. The van der Waals surface area contributed by atoms with Crippen molar-refractivity contribution in [2.24, 2.45) is 0 Å². The fourth-order valence-corrected chi connectivity index (χ4v) is 2.23. The van der Waals surface area contributed by atoms with E-state index in [1.165, 1.54) is 18.3 Å². The highest BCUT2D eigenvalue weighted by atomic mass is 19.1. The number of halogens is 1. The van der Waals surface area contributed by atoms with Gasteiger partial charge in [-0.15, -0.1) is 0 Å². The molecular weight excluding hydrogens is 309 g/mol. The lowest BCUT2D eigenvalue weighted by Gasteiger charge is -2.06. The summed E-state index contributed by atoms with van der Waals surface area (Å²) < 4.78 is 14.9. The number of hydrogen-bond donors (Lipinski definition) is 1. The maximum Gasteiger partial charge on any atom is 0.259 e. The minimum atomic E-state index is -0.630. The third-order valence-corrected chi connectivity index (χ3v) is 3.47. The number of nitrogens with one attached hydrogen (secondary N) is 1. The maximum atomic E-state index is 13.3. The summed E-state index contributed by atoms with van der Waals surface area (Å²) in [7, 11) is 0. The van der Waals surface area contributed by atoms with E-state index in [1.807, 2.05) is 6.07 Å². The number of benzene rings is 1. The topological polar surface area (TPSA) is 83.6 Å². The van der Waals surface area contributed by atoms with Crippen LogP contribution in [-0.4, -0.2) is 20.7 Å². The van der Waals surface area contributed by atoms with Gasteiger partial charge in [-0.05, 0) is 37.3 Å². The molecule has 0 spiro atoms. The first-order chi connectivity index (χ1) is 11.6. The number of hydrogen-bond acceptors (Lipinski definition) is 4. The van der Waals surface area contributed by atoms with Gasteiger partial charge in [0.05, 0.1) is 23.0 Å². The van der Waals surface area contributed by atoms with Crippen molar-refractivity contribution in [3.05, 3.63) is 71.4 Å². The van der Waals surface area contributed by atoms with Gasteiger partial charge in [0.1, 0.15) is 11.9 Å². The van der Waals surface area contributed by atoms with E-state index >= 15 is 0 Å². The molecule has 0 atom stereocenters. The van der Waals surface area contributed by atoms with Crippen molar-refractivity contribution in [3.63, 3.8) is 0 Å². The molecule has 0 aliphatic heterocycles. The summed E-state index contributed by atoms with van der Waals surface area (Å²) in [4.78, 5) is 16.6. The van der Waals surface area contributed by atoms with Crippen molar-refractivity contribution < 1.29 is 9.18 Å². The lowest BCUT2D eigenvalue weighted by Crippen LogP contribution is -2.13. The Labute approximate surface area is 137 Å². The van der Waals surface area contributed by atoms with Gasteiger partial charge < -0.3 is 5.32 Å². The number of anilines is 1. The Hall–Kier alpha value is -3.53. The van der Waals surface area contributed by atoms with Crippen LogP contribution in [0.1, 0.15) is 21.6 Å². The third-order valence-electron chi connectivity index (χ3n) is 3.47. The fraction of sp³-hybridized carbons (Fsp3) is 0.0588. The van der Waals surface area contributed by atoms with Crippen LogP contribution in [-0.2, 0) is 0 Å². The fourth-order valence-electron chi connectivity index (χ4n) is 2.23. The van der Waals surface area contributed by atoms with E-state index in [4.69, 9.17) is 5.26 Å². The molecule has 0 saturated carbocycles. The van der Waals surface area contributed by atoms with Gasteiger partial charge in [0.15, 0.2) is 5.82 Å². The monoisotopic (exact) mass is 321 g/mol. The average molecular weight is 321 g/mol. The number of aromatic nitrogens is 3. The standard InChI is InChI=1S/C17H12FN5O/c1-11-14(10-21-23(11)16-4-2-3-7-20-16)17(24)22-13-5-6-15(18)12(8-13)9-19/h2-8,10H,1H3,(H,22,24). The van der Waals surface area contributed by atoms with Gasteiger partial charge in [0, 0.05) is 11.9 Å². The van der Waals surface area contributed by atoms with Crippen molar-refractivity contribution in [2.45, 2.75) is 6.92 Å². The van der Waals surface area contributed by atoms with E-state index in [9.17, 15) is 9.18 Å². The first kappa shape index (κ1) is 15.4. The van der Waals surface area contributed by atoms with Crippen LogP contribution in [0.2, 0.25) is 0 Å². The van der Waals surface area contributed by atoms with Crippen LogP contribution >= 0.6 is 0 Å². The van der Waals surface area contributed by atoms with Crippen LogP contribution in [0, 0.1) is 24.1 Å². The Balaban J connectivity index is 1.87. The molecule has 7 heteroatoms. The van der Waals surface area contributed by atoms with Gasteiger partial charge in [0.25, 0.3) is 5.91 Å². The van der Waals surface area contributed by atoms with Crippen LogP contribution in [0.4, 0.5) is 10.1 Å². The molecule has 118 valence electrons. The predicted octanol–water partition coefficient (Wildman–Crippen LogP) is 2.84. The molecule has 0 unspecified atom stereocenters. The molecule has 0 saturated heterocycles. The number of nitriles is 1. The number of pyridine rings is 1. The first-order valence-corrected chi connectivity index (χ1v) is 7.07. The van der Waals surface area contributed by atoms with Crippen molar-refractivity contribution in [2.75, 3.05) is 5.32 Å². The minimum Gasteiger partial charge on any atom is -0.322 e. The number of rotatable bonds is 3. The quantitative estimate of drug-likeness (QED) is 0.804. The summed E-state index contributed by atoms with van der Waals surface area (Å²) in [6, 6.07) is 10.9. The van der Waals surface area contributed by atoms with Crippen LogP contribution in [0.25, 0.3) is 5.82 Å². The molecule has 2 heterocycles.